The van der Waals surface area contributed by atoms with Gasteiger partial charge in [-0.05, 0) is 30.3 Å². The van der Waals surface area contributed by atoms with Crippen LogP contribution in [0, 0.1) is 0 Å². The van der Waals surface area contributed by atoms with Gasteiger partial charge in [-0.25, -0.2) is 0 Å². The number of benzene rings is 2. The van der Waals surface area contributed by atoms with Crippen molar-refractivity contribution >= 4 is 29.1 Å². The lowest BCUT2D eigenvalue weighted by molar-refractivity contribution is -0.123. The zero-order chi connectivity index (χ0) is 17.4. The highest BCUT2D eigenvalue weighted by molar-refractivity contribution is 6.35. The highest BCUT2D eigenvalue weighted by Gasteiger charge is 2.07. The average Bonchev–Trinajstić information content (AvgIpc) is 2.58. The number of rotatable bonds is 8. The van der Waals surface area contributed by atoms with Gasteiger partial charge >= 0.3 is 0 Å². The van der Waals surface area contributed by atoms with E-state index in [2.05, 4.69) is 5.32 Å². The molecule has 0 bridgehead atoms. The Kier molecular flexibility index (Phi) is 7.03. The number of nitrogens with one attached hydrogen (secondary N) is 1. The highest BCUT2D eigenvalue weighted by Crippen LogP contribution is 2.27. The number of carbonyl (C=O) groups excluding carboxylic acids is 1. The van der Waals surface area contributed by atoms with Gasteiger partial charge in [0.15, 0.2) is 18.1 Å². The molecule has 0 fully saturated rings. The van der Waals surface area contributed by atoms with Gasteiger partial charge in [0, 0.05) is 5.02 Å². The normalized spacial score (nSPS) is 10.1. The second-order valence-corrected chi connectivity index (χ2v) is 5.56. The third-order valence-electron chi connectivity index (χ3n) is 3.00. The van der Waals surface area contributed by atoms with Crippen LogP contribution in [0.15, 0.2) is 42.5 Å². The van der Waals surface area contributed by atoms with Crippen LogP contribution in [-0.2, 0) is 4.79 Å². The molecule has 1 N–H and O–H groups in total. The van der Waals surface area contributed by atoms with E-state index in [9.17, 15) is 4.79 Å². The van der Waals surface area contributed by atoms with Gasteiger partial charge in [-0.1, -0.05) is 35.3 Å². The summed E-state index contributed by atoms with van der Waals surface area (Å²) in [6.45, 7) is 0.512. The minimum absolute atomic E-state index is 0.143. The van der Waals surface area contributed by atoms with Crippen LogP contribution in [0.2, 0.25) is 10.0 Å². The van der Waals surface area contributed by atoms with Crippen LogP contribution in [0.4, 0.5) is 0 Å². The first-order valence-corrected chi connectivity index (χ1v) is 7.96. The Morgan fingerprint density at radius 3 is 2.50 bits per heavy atom. The summed E-state index contributed by atoms with van der Waals surface area (Å²) in [6, 6.07) is 12.1. The minimum Gasteiger partial charge on any atom is -0.493 e. The van der Waals surface area contributed by atoms with Crippen LogP contribution in [-0.4, -0.2) is 32.8 Å². The Hall–Kier alpha value is -2.11. The molecule has 0 heterocycles. The van der Waals surface area contributed by atoms with E-state index in [4.69, 9.17) is 37.4 Å². The fourth-order valence-electron chi connectivity index (χ4n) is 1.88. The van der Waals surface area contributed by atoms with Gasteiger partial charge in [-0.2, -0.15) is 0 Å². The average molecular weight is 370 g/mol. The summed E-state index contributed by atoms with van der Waals surface area (Å²) >= 11 is 11.8. The summed E-state index contributed by atoms with van der Waals surface area (Å²) in [4.78, 5) is 11.7. The molecule has 2 aromatic carbocycles. The van der Waals surface area contributed by atoms with Crippen molar-refractivity contribution in [1.29, 1.82) is 0 Å². The quantitative estimate of drug-likeness (QED) is 0.722. The second kappa shape index (κ2) is 9.25. The van der Waals surface area contributed by atoms with Crippen molar-refractivity contribution in [3.8, 4) is 17.2 Å². The maximum atomic E-state index is 11.7. The van der Waals surface area contributed by atoms with Crippen LogP contribution >= 0.6 is 23.2 Å². The topological polar surface area (TPSA) is 56.8 Å². The molecule has 5 nitrogen and oxygen atoms in total. The maximum absolute atomic E-state index is 11.7. The molecule has 0 spiro atoms. The molecular formula is C17H17Cl2NO4. The van der Waals surface area contributed by atoms with Crippen LogP contribution in [0.5, 0.6) is 17.2 Å². The Labute approximate surface area is 150 Å². The third-order valence-corrected chi connectivity index (χ3v) is 3.53. The standard InChI is InChI=1S/C17H17Cl2NO4/c1-22-15-4-2-3-5-16(15)23-9-8-20-17(21)11-24-14-7-6-12(18)10-13(14)19/h2-7,10H,8-9,11H2,1H3,(H,20,21). The van der Waals surface area contributed by atoms with Gasteiger partial charge in [-0.15, -0.1) is 0 Å². The summed E-state index contributed by atoms with van der Waals surface area (Å²) in [5.41, 5.74) is 0. The summed E-state index contributed by atoms with van der Waals surface area (Å²) < 4.78 is 16.1. The number of methoxy groups -OCH3 is 1. The van der Waals surface area contributed by atoms with Crippen molar-refractivity contribution < 1.29 is 19.0 Å². The molecule has 0 unspecified atom stereocenters. The van der Waals surface area contributed by atoms with Crippen LogP contribution < -0.4 is 19.5 Å². The predicted molar refractivity (Wildman–Crippen MR) is 93.5 cm³/mol. The molecular weight excluding hydrogens is 353 g/mol. The van der Waals surface area contributed by atoms with Crippen molar-refractivity contribution in [2.45, 2.75) is 0 Å². The Balaban J connectivity index is 1.70. The molecule has 2 aromatic rings. The largest absolute Gasteiger partial charge is 0.493 e. The Bertz CT molecular complexity index is 694. The molecule has 0 saturated heterocycles. The molecule has 0 aliphatic carbocycles. The SMILES string of the molecule is COc1ccccc1OCCNC(=O)COc1ccc(Cl)cc1Cl. The molecule has 24 heavy (non-hydrogen) atoms. The Morgan fingerprint density at radius 1 is 1.04 bits per heavy atom. The first-order valence-electron chi connectivity index (χ1n) is 7.20. The molecule has 2 rings (SSSR count). The van der Waals surface area contributed by atoms with Crippen molar-refractivity contribution in [1.82, 2.24) is 5.32 Å². The monoisotopic (exact) mass is 369 g/mol. The maximum Gasteiger partial charge on any atom is 0.258 e. The second-order valence-electron chi connectivity index (χ2n) is 4.71. The number of hydrogen-bond donors (Lipinski definition) is 1. The van der Waals surface area contributed by atoms with Crippen molar-refractivity contribution in [3.05, 3.63) is 52.5 Å². The molecule has 7 heteroatoms. The molecule has 128 valence electrons. The molecule has 0 atom stereocenters. The van der Waals surface area contributed by atoms with E-state index in [1.54, 1.807) is 37.4 Å². The lowest BCUT2D eigenvalue weighted by Crippen LogP contribution is -2.32. The smallest absolute Gasteiger partial charge is 0.258 e. The zero-order valence-electron chi connectivity index (χ0n) is 13.1. The number of hydrogen-bond acceptors (Lipinski definition) is 4. The van der Waals surface area contributed by atoms with Crippen LogP contribution in [0.3, 0.4) is 0 Å². The fourth-order valence-corrected chi connectivity index (χ4v) is 2.34. The number of para-hydroxylation sites is 2. The summed E-state index contributed by atoms with van der Waals surface area (Å²) in [6.07, 6.45) is 0. The number of halogens is 2. The number of amides is 1. The van der Waals surface area contributed by atoms with E-state index in [0.717, 1.165) is 0 Å². The van der Waals surface area contributed by atoms with Crippen LogP contribution in [0.1, 0.15) is 0 Å². The van der Waals surface area contributed by atoms with E-state index in [1.807, 2.05) is 12.1 Å². The lowest BCUT2D eigenvalue weighted by atomic mass is 10.3. The van der Waals surface area contributed by atoms with Gasteiger partial charge < -0.3 is 19.5 Å². The van der Waals surface area contributed by atoms with Gasteiger partial charge in [0.05, 0.1) is 18.7 Å². The van der Waals surface area contributed by atoms with Gasteiger partial charge in [-0.3, -0.25) is 4.79 Å². The Morgan fingerprint density at radius 2 is 1.79 bits per heavy atom. The molecule has 0 aromatic heterocycles. The van der Waals surface area contributed by atoms with Crippen molar-refractivity contribution in [2.75, 3.05) is 26.9 Å². The molecule has 0 aliphatic rings. The predicted octanol–water partition coefficient (Wildman–Crippen LogP) is 3.58. The van der Waals surface area contributed by atoms with Gasteiger partial charge in [0.25, 0.3) is 5.91 Å². The lowest BCUT2D eigenvalue weighted by Gasteiger charge is -2.11. The van der Waals surface area contributed by atoms with Crippen LogP contribution in [0.25, 0.3) is 0 Å². The summed E-state index contributed by atoms with van der Waals surface area (Å²) in [5, 5.41) is 3.55. The van der Waals surface area contributed by atoms with E-state index in [-0.39, 0.29) is 12.5 Å². The van der Waals surface area contributed by atoms with E-state index >= 15 is 0 Å². The zero-order valence-corrected chi connectivity index (χ0v) is 14.6. The van der Waals surface area contributed by atoms with E-state index in [1.165, 1.54) is 0 Å². The highest BCUT2D eigenvalue weighted by atomic mass is 35.5. The molecule has 0 radical (unpaired) electrons. The first kappa shape index (κ1) is 18.2. The number of carbonyl (C=O) groups is 1. The van der Waals surface area contributed by atoms with Gasteiger partial charge in [0.2, 0.25) is 0 Å². The fraction of sp³-hybridized carbons (Fsp3) is 0.235. The molecule has 0 saturated carbocycles. The van der Waals surface area contributed by atoms with E-state index in [0.29, 0.717) is 40.4 Å². The number of ether oxygens (including phenoxy) is 3. The minimum atomic E-state index is -0.273. The van der Waals surface area contributed by atoms with E-state index < -0.39 is 0 Å². The van der Waals surface area contributed by atoms with Crippen molar-refractivity contribution in [3.63, 3.8) is 0 Å². The van der Waals surface area contributed by atoms with Crippen molar-refractivity contribution in [2.24, 2.45) is 0 Å². The first-order chi connectivity index (χ1) is 11.6. The summed E-state index contributed by atoms with van der Waals surface area (Å²) in [7, 11) is 1.57. The molecule has 0 aliphatic heterocycles. The molecule has 1 amide bonds. The van der Waals surface area contributed by atoms with Gasteiger partial charge in [0.1, 0.15) is 12.4 Å². The summed E-state index contributed by atoms with van der Waals surface area (Å²) in [5.74, 6) is 1.40. The third kappa shape index (κ3) is 5.51.